The number of alkyl halides is 3. The lowest BCUT2D eigenvalue weighted by Gasteiger charge is -2.10. The Morgan fingerprint density at radius 1 is 1.15 bits per heavy atom. The lowest BCUT2D eigenvalue weighted by Crippen LogP contribution is -2.36. The first kappa shape index (κ1) is 20.5. The monoisotopic (exact) mass is 401 g/mol. The van der Waals surface area contributed by atoms with Crippen LogP contribution in [0.1, 0.15) is 15.9 Å². The molecule has 2 aromatic rings. The first-order chi connectivity index (χ1) is 12.7. The average molecular weight is 402 g/mol. The van der Waals surface area contributed by atoms with E-state index in [1.165, 1.54) is 0 Å². The Balaban J connectivity index is 1.83. The number of benzene rings is 1. The summed E-state index contributed by atoms with van der Waals surface area (Å²) in [5.74, 6) is -1.50. The molecule has 1 aromatic carbocycles. The van der Waals surface area contributed by atoms with Crippen LogP contribution in [0.4, 0.5) is 13.2 Å². The maximum absolute atomic E-state index is 12.1. The third-order valence-corrected chi connectivity index (χ3v) is 3.45. The van der Waals surface area contributed by atoms with Gasteiger partial charge in [0.15, 0.2) is 6.61 Å². The highest BCUT2D eigenvalue weighted by molar-refractivity contribution is 6.32. The van der Waals surface area contributed by atoms with Crippen molar-refractivity contribution in [3.8, 4) is 5.88 Å². The van der Waals surface area contributed by atoms with Gasteiger partial charge >= 0.3 is 6.18 Å². The number of carbonyl (C=O) groups is 2. The summed E-state index contributed by atoms with van der Waals surface area (Å²) in [4.78, 5) is 27.3. The summed E-state index contributed by atoms with van der Waals surface area (Å²) in [5.41, 5.74) is 0.887. The minimum absolute atomic E-state index is 0.0183. The van der Waals surface area contributed by atoms with Gasteiger partial charge in [-0.05, 0) is 11.6 Å². The van der Waals surface area contributed by atoms with Crippen molar-refractivity contribution in [1.29, 1.82) is 0 Å². The third-order valence-electron chi connectivity index (χ3n) is 3.18. The number of nitrogens with zero attached hydrogens (tertiary/aromatic N) is 1. The van der Waals surface area contributed by atoms with Gasteiger partial charge in [0.1, 0.15) is 5.02 Å². The van der Waals surface area contributed by atoms with E-state index in [9.17, 15) is 22.8 Å². The van der Waals surface area contributed by atoms with Crippen LogP contribution in [0.5, 0.6) is 5.88 Å². The molecule has 144 valence electrons. The highest BCUT2D eigenvalue weighted by Gasteiger charge is 2.29. The van der Waals surface area contributed by atoms with Crippen molar-refractivity contribution in [1.82, 2.24) is 15.6 Å². The number of carbonyl (C=O) groups excluding carboxylic acids is 2. The maximum atomic E-state index is 12.1. The molecule has 0 saturated carbocycles. The van der Waals surface area contributed by atoms with Crippen molar-refractivity contribution in [3.05, 3.63) is 58.7 Å². The smallest absolute Gasteiger partial charge is 0.422 e. The fourth-order valence-electron chi connectivity index (χ4n) is 1.93. The molecule has 0 atom stereocenters. The van der Waals surface area contributed by atoms with Crippen molar-refractivity contribution in [2.24, 2.45) is 0 Å². The summed E-state index contributed by atoms with van der Waals surface area (Å²) in [6.45, 7) is -1.52. The lowest BCUT2D eigenvalue weighted by atomic mass is 10.2. The molecular weight excluding hydrogens is 387 g/mol. The Bertz CT molecular complexity index is 801. The molecule has 0 fully saturated rings. The summed E-state index contributed by atoms with van der Waals surface area (Å²) < 4.78 is 40.8. The number of ether oxygens (including phenoxy) is 1. The van der Waals surface area contributed by atoms with Crippen LogP contribution in [-0.2, 0) is 11.3 Å². The number of amides is 2. The Morgan fingerprint density at radius 2 is 1.85 bits per heavy atom. The molecule has 0 radical (unpaired) electrons. The van der Waals surface area contributed by atoms with Gasteiger partial charge < -0.3 is 15.4 Å². The molecule has 0 spiro atoms. The summed E-state index contributed by atoms with van der Waals surface area (Å²) in [6.07, 6.45) is -3.52. The van der Waals surface area contributed by atoms with Crippen LogP contribution >= 0.6 is 11.6 Å². The molecule has 1 heterocycles. The zero-order chi connectivity index (χ0) is 19.9. The molecule has 27 heavy (non-hydrogen) atoms. The molecule has 0 aliphatic carbocycles. The van der Waals surface area contributed by atoms with Crippen LogP contribution in [0.15, 0.2) is 42.6 Å². The largest absolute Gasteiger partial charge is 0.467 e. The van der Waals surface area contributed by atoms with Gasteiger partial charge in [-0.1, -0.05) is 41.9 Å². The molecule has 1 aromatic heterocycles. The van der Waals surface area contributed by atoms with Crippen molar-refractivity contribution >= 4 is 23.4 Å². The quantitative estimate of drug-likeness (QED) is 0.747. The molecule has 2 rings (SSSR count). The average Bonchev–Trinajstić information content (AvgIpc) is 2.63. The van der Waals surface area contributed by atoms with E-state index in [4.69, 9.17) is 11.6 Å². The van der Waals surface area contributed by atoms with E-state index in [2.05, 4.69) is 20.4 Å². The second kappa shape index (κ2) is 9.22. The summed E-state index contributed by atoms with van der Waals surface area (Å²) in [7, 11) is 0. The molecule has 6 nitrogen and oxygen atoms in total. The van der Waals surface area contributed by atoms with Gasteiger partial charge in [-0.2, -0.15) is 13.2 Å². The molecule has 2 N–H and O–H groups in total. The molecule has 0 bridgehead atoms. The van der Waals surface area contributed by atoms with Crippen molar-refractivity contribution in [3.63, 3.8) is 0 Å². The SMILES string of the molecule is O=C(CNC(=O)c1cnc(OCC(F)(F)F)c(Cl)c1)NCc1ccccc1. The number of rotatable bonds is 7. The number of pyridine rings is 1. The van der Waals surface area contributed by atoms with Gasteiger partial charge in [-0.15, -0.1) is 0 Å². The zero-order valence-corrected chi connectivity index (χ0v) is 14.6. The molecule has 0 aliphatic rings. The number of nitrogens with one attached hydrogen (secondary N) is 2. The summed E-state index contributed by atoms with van der Waals surface area (Å²) >= 11 is 5.77. The topological polar surface area (TPSA) is 80.3 Å². The first-order valence-electron chi connectivity index (χ1n) is 7.68. The predicted molar refractivity (Wildman–Crippen MR) is 91.4 cm³/mol. The van der Waals surface area contributed by atoms with Crippen LogP contribution in [0.25, 0.3) is 0 Å². The van der Waals surface area contributed by atoms with Gasteiger partial charge in [0, 0.05) is 12.7 Å². The van der Waals surface area contributed by atoms with E-state index >= 15 is 0 Å². The van der Waals surface area contributed by atoms with Crippen molar-refractivity contribution < 1.29 is 27.5 Å². The van der Waals surface area contributed by atoms with Crippen molar-refractivity contribution in [2.45, 2.75) is 12.7 Å². The Kier molecular flexibility index (Phi) is 7.00. The highest BCUT2D eigenvalue weighted by Crippen LogP contribution is 2.24. The van der Waals surface area contributed by atoms with E-state index in [0.29, 0.717) is 6.54 Å². The fourth-order valence-corrected chi connectivity index (χ4v) is 2.15. The minimum Gasteiger partial charge on any atom is -0.467 e. The fraction of sp³-hybridized carbons (Fsp3) is 0.235. The van der Waals surface area contributed by atoms with Gasteiger partial charge in [0.05, 0.1) is 12.1 Å². The number of hydrogen-bond donors (Lipinski definition) is 2. The van der Waals surface area contributed by atoms with E-state index in [1.807, 2.05) is 30.3 Å². The van der Waals surface area contributed by atoms with E-state index in [-0.39, 0.29) is 17.1 Å². The summed E-state index contributed by atoms with van der Waals surface area (Å²) in [6, 6.07) is 10.3. The van der Waals surface area contributed by atoms with Crippen molar-refractivity contribution in [2.75, 3.05) is 13.2 Å². The van der Waals surface area contributed by atoms with Gasteiger partial charge in [0.2, 0.25) is 11.8 Å². The first-order valence-corrected chi connectivity index (χ1v) is 8.06. The Hall–Kier alpha value is -2.81. The summed E-state index contributed by atoms with van der Waals surface area (Å²) in [5, 5.41) is 4.75. The predicted octanol–water partition coefficient (Wildman–Crippen LogP) is 2.72. The second-order valence-corrected chi connectivity index (χ2v) is 5.77. The standard InChI is InChI=1S/C17H15ClF3N3O3/c18-13-6-12(8-24-16(13)27-10-17(19,20)21)15(26)23-9-14(25)22-7-11-4-2-1-3-5-11/h1-6,8H,7,9-10H2,(H,22,25)(H,23,26). The highest BCUT2D eigenvalue weighted by atomic mass is 35.5. The van der Waals surface area contributed by atoms with Crippen LogP contribution in [0.3, 0.4) is 0 Å². The van der Waals surface area contributed by atoms with Gasteiger partial charge in [-0.25, -0.2) is 4.98 Å². The molecule has 0 saturated heterocycles. The molecule has 2 amide bonds. The second-order valence-electron chi connectivity index (χ2n) is 5.36. The maximum Gasteiger partial charge on any atom is 0.422 e. The number of halogens is 4. The van der Waals surface area contributed by atoms with Crippen LogP contribution in [-0.4, -0.2) is 36.1 Å². The molecular formula is C17H15ClF3N3O3. The third kappa shape index (κ3) is 7.14. The molecule has 10 heteroatoms. The molecule has 0 unspecified atom stereocenters. The minimum atomic E-state index is -4.53. The van der Waals surface area contributed by atoms with E-state index in [1.54, 1.807) is 0 Å². The van der Waals surface area contributed by atoms with Gasteiger partial charge in [0.25, 0.3) is 5.91 Å². The number of hydrogen-bond acceptors (Lipinski definition) is 4. The Labute approximate surface area is 157 Å². The normalized spacial score (nSPS) is 11.0. The van der Waals surface area contributed by atoms with Crippen LogP contribution < -0.4 is 15.4 Å². The van der Waals surface area contributed by atoms with Gasteiger partial charge in [-0.3, -0.25) is 9.59 Å². The number of aromatic nitrogens is 1. The van der Waals surface area contributed by atoms with Crippen LogP contribution in [0.2, 0.25) is 5.02 Å². The molecule has 0 aliphatic heterocycles. The van der Waals surface area contributed by atoms with Crippen LogP contribution in [0, 0.1) is 0 Å². The zero-order valence-electron chi connectivity index (χ0n) is 13.8. The Morgan fingerprint density at radius 3 is 2.48 bits per heavy atom. The lowest BCUT2D eigenvalue weighted by molar-refractivity contribution is -0.154. The van der Waals surface area contributed by atoms with E-state index in [0.717, 1.165) is 17.8 Å². The van der Waals surface area contributed by atoms with E-state index < -0.39 is 30.5 Å².